The van der Waals surface area contributed by atoms with Crippen molar-refractivity contribution in [3.05, 3.63) is 44.0 Å². The first-order chi connectivity index (χ1) is 10.7. The Hall–Kier alpha value is -3.08. The third-order valence-corrected chi connectivity index (χ3v) is 2.69. The maximum Gasteiger partial charge on any atom is 0.332 e. The van der Waals surface area contributed by atoms with E-state index in [1.807, 2.05) is 0 Å². The highest BCUT2D eigenvalue weighted by Gasteiger charge is 2.19. The van der Waals surface area contributed by atoms with Crippen LogP contribution in [0, 0.1) is 20.2 Å². The zero-order valence-corrected chi connectivity index (χ0v) is 11.9. The van der Waals surface area contributed by atoms with Crippen LogP contribution in [0.5, 0.6) is 0 Å². The van der Waals surface area contributed by atoms with Gasteiger partial charge in [0.15, 0.2) is 6.10 Å². The molecule has 0 heterocycles. The number of carbonyl (C=O) groups excluding carboxylic acids is 1. The Balaban J connectivity index is 2.74. The minimum atomic E-state index is -1.16. The fourth-order valence-corrected chi connectivity index (χ4v) is 1.51. The molecule has 11 nitrogen and oxygen atoms in total. The predicted molar refractivity (Wildman–Crippen MR) is 75.1 cm³/mol. The monoisotopic (exact) mass is 327 g/mol. The number of aliphatic carboxylic acids is 1. The van der Waals surface area contributed by atoms with Crippen molar-refractivity contribution >= 4 is 23.3 Å². The van der Waals surface area contributed by atoms with Crippen LogP contribution in [0.15, 0.2) is 18.2 Å². The van der Waals surface area contributed by atoms with Crippen LogP contribution >= 0.6 is 0 Å². The summed E-state index contributed by atoms with van der Waals surface area (Å²) >= 11 is 0. The molecule has 0 aliphatic rings. The van der Waals surface area contributed by atoms with Crippen LogP contribution in [0.2, 0.25) is 0 Å². The number of nitro benzene ring substituents is 2. The van der Waals surface area contributed by atoms with Gasteiger partial charge in [-0.15, -0.1) is 0 Å². The number of nitrogens with one attached hydrogen (secondary N) is 1. The van der Waals surface area contributed by atoms with Crippen molar-refractivity contribution in [1.29, 1.82) is 0 Å². The second-order valence-electron chi connectivity index (χ2n) is 4.36. The highest BCUT2D eigenvalue weighted by Crippen LogP contribution is 2.22. The van der Waals surface area contributed by atoms with Crippen LogP contribution in [0.4, 0.5) is 11.4 Å². The SMILES string of the molecule is CC(OCCNC(=O)c1cc([N+](=O)[O-])cc([N+](=O)[O-])c1)C(=O)O. The maximum atomic E-state index is 11.8. The molecule has 0 bridgehead atoms. The van der Waals surface area contributed by atoms with E-state index in [4.69, 9.17) is 9.84 Å². The minimum Gasteiger partial charge on any atom is -0.479 e. The Kier molecular flexibility index (Phi) is 6.09. The second-order valence-corrected chi connectivity index (χ2v) is 4.36. The number of hydrogen-bond donors (Lipinski definition) is 2. The summed E-state index contributed by atoms with van der Waals surface area (Å²) in [7, 11) is 0. The summed E-state index contributed by atoms with van der Waals surface area (Å²) in [5, 5.41) is 32.4. The highest BCUT2D eigenvalue weighted by molar-refractivity contribution is 5.95. The zero-order chi connectivity index (χ0) is 17.6. The summed E-state index contributed by atoms with van der Waals surface area (Å²) in [5.74, 6) is -1.94. The second kappa shape index (κ2) is 7.79. The van der Waals surface area contributed by atoms with Gasteiger partial charge in [-0.3, -0.25) is 25.0 Å². The van der Waals surface area contributed by atoms with Crippen LogP contribution in [-0.4, -0.2) is 46.1 Å². The first-order valence-electron chi connectivity index (χ1n) is 6.29. The topological polar surface area (TPSA) is 162 Å². The molecule has 0 saturated carbocycles. The highest BCUT2D eigenvalue weighted by atomic mass is 16.6. The largest absolute Gasteiger partial charge is 0.479 e. The number of amides is 1. The smallest absolute Gasteiger partial charge is 0.332 e. The fourth-order valence-electron chi connectivity index (χ4n) is 1.51. The Morgan fingerprint density at radius 2 is 1.74 bits per heavy atom. The van der Waals surface area contributed by atoms with E-state index in [-0.39, 0.29) is 18.7 Å². The van der Waals surface area contributed by atoms with Gasteiger partial charge in [0, 0.05) is 18.7 Å². The normalized spacial score (nSPS) is 11.5. The van der Waals surface area contributed by atoms with Gasteiger partial charge in [-0.25, -0.2) is 4.79 Å². The standard InChI is InChI=1S/C12H13N3O8/c1-7(12(17)18)23-3-2-13-11(16)8-4-9(14(19)20)6-10(5-8)15(21)22/h4-7H,2-3H2,1H3,(H,13,16)(H,17,18). The average molecular weight is 327 g/mol. The number of hydrogen-bond acceptors (Lipinski definition) is 7. The Bertz CT molecular complexity index is 613. The van der Waals surface area contributed by atoms with Gasteiger partial charge in [-0.05, 0) is 6.92 Å². The molecule has 0 fully saturated rings. The van der Waals surface area contributed by atoms with Crippen molar-refractivity contribution in [2.45, 2.75) is 13.0 Å². The van der Waals surface area contributed by atoms with E-state index in [0.29, 0.717) is 0 Å². The molecule has 1 aromatic carbocycles. The minimum absolute atomic E-state index is 0.0626. The van der Waals surface area contributed by atoms with E-state index in [0.717, 1.165) is 18.2 Å². The van der Waals surface area contributed by atoms with Gasteiger partial charge in [0.05, 0.1) is 28.1 Å². The Morgan fingerprint density at radius 1 is 1.22 bits per heavy atom. The lowest BCUT2D eigenvalue weighted by Gasteiger charge is -2.09. The Labute approximate surface area is 129 Å². The van der Waals surface area contributed by atoms with Gasteiger partial charge in [0.25, 0.3) is 17.3 Å². The van der Waals surface area contributed by atoms with E-state index in [1.54, 1.807) is 0 Å². The van der Waals surface area contributed by atoms with Gasteiger partial charge in [0.2, 0.25) is 0 Å². The van der Waals surface area contributed by atoms with Crippen LogP contribution in [0.25, 0.3) is 0 Å². The molecule has 0 radical (unpaired) electrons. The summed E-state index contributed by atoms with van der Waals surface area (Å²) in [6, 6.07) is 2.56. The third-order valence-electron chi connectivity index (χ3n) is 2.69. The fraction of sp³-hybridized carbons (Fsp3) is 0.333. The Morgan fingerprint density at radius 3 is 2.17 bits per heavy atom. The van der Waals surface area contributed by atoms with Crippen LogP contribution in [0.1, 0.15) is 17.3 Å². The van der Waals surface area contributed by atoms with Gasteiger partial charge in [-0.2, -0.15) is 0 Å². The summed E-state index contributed by atoms with van der Waals surface area (Å²) in [6.07, 6.45) is -1.05. The van der Waals surface area contributed by atoms with Crippen LogP contribution in [0.3, 0.4) is 0 Å². The molecule has 11 heteroatoms. The quantitative estimate of drug-likeness (QED) is 0.401. The van der Waals surface area contributed by atoms with Gasteiger partial charge in [-0.1, -0.05) is 0 Å². The molecule has 1 rings (SSSR count). The molecule has 124 valence electrons. The number of ether oxygens (including phenoxy) is 1. The van der Waals surface area contributed by atoms with Crippen molar-refractivity contribution in [1.82, 2.24) is 5.32 Å². The van der Waals surface area contributed by atoms with E-state index in [2.05, 4.69) is 5.32 Å². The zero-order valence-electron chi connectivity index (χ0n) is 11.9. The molecule has 0 saturated heterocycles. The average Bonchev–Trinajstić information content (AvgIpc) is 2.50. The molecule has 1 amide bonds. The number of carbonyl (C=O) groups is 2. The van der Waals surface area contributed by atoms with Crippen molar-refractivity contribution in [3.8, 4) is 0 Å². The molecule has 23 heavy (non-hydrogen) atoms. The first kappa shape index (κ1) is 18.0. The summed E-state index contributed by atoms with van der Waals surface area (Å²) in [4.78, 5) is 42.1. The number of non-ortho nitro benzene ring substituents is 2. The lowest BCUT2D eigenvalue weighted by molar-refractivity contribution is -0.394. The molecular weight excluding hydrogens is 314 g/mol. The lowest BCUT2D eigenvalue weighted by atomic mass is 10.1. The number of carboxylic acid groups (broad SMARTS) is 1. The molecule has 2 N–H and O–H groups in total. The van der Waals surface area contributed by atoms with E-state index in [9.17, 15) is 29.8 Å². The van der Waals surface area contributed by atoms with Gasteiger partial charge in [0.1, 0.15) is 0 Å². The number of nitro groups is 2. The first-order valence-corrected chi connectivity index (χ1v) is 6.29. The number of nitrogens with zero attached hydrogens (tertiary/aromatic N) is 2. The summed E-state index contributed by atoms with van der Waals surface area (Å²) in [6.45, 7) is 1.15. The molecule has 0 aromatic heterocycles. The van der Waals surface area contributed by atoms with Gasteiger partial charge >= 0.3 is 5.97 Å². The van der Waals surface area contributed by atoms with Crippen molar-refractivity contribution in [2.24, 2.45) is 0 Å². The lowest BCUT2D eigenvalue weighted by Crippen LogP contribution is -2.30. The predicted octanol–water partition coefficient (Wildman–Crippen LogP) is 0.722. The van der Waals surface area contributed by atoms with Crippen molar-refractivity contribution < 1.29 is 29.3 Å². The van der Waals surface area contributed by atoms with Gasteiger partial charge < -0.3 is 15.2 Å². The molecule has 0 spiro atoms. The molecule has 1 aromatic rings. The molecule has 1 atom stereocenters. The van der Waals surface area contributed by atoms with Crippen LogP contribution < -0.4 is 5.32 Å². The number of carboxylic acids is 1. The van der Waals surface area contributed by atoms with E-state index in [1.165, 1.54) is 6.92 Å². The van der Waals surface area contributed by atoms with Crippen molar-refractivity contribution in [3.63, 3.8) is 0 Å². The number of benzene rings is 1. The van der Waals surface area contributed by atoms with Crippen LogP contribution in [-0.2, 0) is 9.53 Å². The van der Waals surface area contributed by atoms with E-state index >= 15 is 0 Å². The molecule has 1 unspecified atom stereocenters. The summed E-state index contributed by atoms with van der Waals surface area (Å²) < 4.78 is 4.88. The molecular formula is C12H13N3O8. The summed E-state index contributed by atoms with van der Waals surface area (Å²) in [5.41, 5.74) is -1.42. The molecule has 0 aliphatic carbocycles. The molecule has 0 aliphatic heterocycles. The van der Waals surface area contributed by atoms with Crippen molar-refractivity contribution in [2.75, 3.05) is 13.2 Å². The number of rotatable bonds is 8. The van der Waals surface area contributed by atoms with E-state index < -0.39 is 39.2 Å². The maximum absolute atomic E-state index is 11.8. The third kappa shape index (κ3) is 5.32.